The lowest BCUT2D eigenvalue weighted by molar-refractivity contribution is 0.515. The lowest BCUT2D eigenvalue weighted by atomic mass is 10.0. The number of nitrogens with zero attached hydrogens (tertiary/aromatic N) is 2. The first kappa shape index (κ1) is 16.5. The number of aryl methyl sites for hydroxylation is 2. The van der Waals surface area contributed by atoms with Gasteiger partial charge in [0.15, 0.2) is 0 Å². The van der Waals surface area contributed by atoms with Crippen molar-refractivity contribution in [2.24, 2.45) is 0 Å². The van der Waals surface area contributed by atoms with E-state index in [1.165, 1.54) is 11.3 Å². The van der Waals surface area contributed by atoms with Gasteiger partial charge in [0.05, 0.1) is 15.9 Å². The van der Waals surface area contributed by atoms with E-state index in [4.69, 9.17) is 11.6 Å². The first-order valence-electron chi connectivity index (χ1n) is 7.27. The maximum absolute atomic E-state index is 5.99. The van der Waals surface area contributed by atoms with Gasteiger partial charge in [0.1, 0.15) is 0 Å². The SMILES string of the molecule is CCNC(Cc1c(Br)c(C)nn1CC)c1ccc(Cl)cc1. The molecule has 0 saturated carbocycles. The van der Waals surface area contributed by atoms with Crippen molar-refractivity contribution in [2.45, 2.75) is 39.8 Å². The predicted molar refractivity (Wildman–Crippen MR) is 91.9 cm³/mol. The van der Waals surface area contributed by atoms with E-state index < -0.39 is 0 Å². The minimum Gasteiger partial charge on any atom is -0.310 e. The second-order valence-corrected chi connectivity index (χ2v) is 6.26. The summed E-state index contributed by atoms with van der Waals surface area (Å²) in [6.45, 7) is 8.07. The van der Waals surface area contributed by atoms with E-state index in [0.717, 1.165) is 34.7 Å². The number of aromatic nitrogens is 2. The summed E-state index contributed by atoms with van der Waals surface area (Å²) in [5, 5.41) is 8.89. The van der Waals surface area contributed by atoms with Gasteiger partial charge >= 0.3 is 0 Å². The molecule has 0 bridgehead atoms. The summed E-state index contributed by atoms with van der Waals surface area (Å²) in [7, 11) is 0. The Labute approximate surface area is 139 Å². The van der Waals surface area contributed by atoms with Crippen molar-refractivity contribution in [3.8, 4) is 0 Å². The molecule has 1 N–H and O–H groups in total. The van der Waals surface area contributed by atoms with Gasteiger partial charge in [-0.2, -0.15) is 5.10 Å². The Morgan fingerprint density at radius 3 is 2.52 bits per heavy atom. The monoisotopic (exact) mass is 369 g/mol. The number of hydrogen-bond acceptors (Lipinski definition) is 2. The first-order valence-corrected chi connectivity index (χ1v) is 8.44. The average molecular weight is 371 g/mol. The molecule has 1 atom stereocenters. The molecule has 0 spiro atoms. The molecule has 1 aromatic heterocycles. The molecule has 0 saturated heterocycles. The van der Waals surface area contributed by atoms with Crippen LogP contribution in [0.2, 0.25) is 5.02 Å². The zero-order valence-electron chi connectivity index (χ0n) is 12.7. The highest BCUT2D eigenvalue weighted by molar-refractivity contribution is 9.10. The Kier molecular flexibility index (Phi) is 5.85. The summed E-state index contributed by atoms with van der Waals surface area (Å²) in [5.41, 5.74) is 3.52. The summed E-state index contributed by atoms with van der Waals surface area (Å²) in [4.78, 5) is 0. The zero-order chi connectivity index (χ0) is 15.4. The lowest BCUT2D eigenvalue weighted by Crippen LogP contribution is -2.24. The normalized spacial score (nSPS) is 12.6. The van der Waals surface area contributed by atoms with Gasteiger partial charge in [0.25, 0.3) is 0 Å². The van der Waals surface area contributed by atoms with E-state index in [1.54, 1.807) is 0 Å². The third kappa shape index (κ3) is 3.87. The van der Waals surface area contributed by atoms with Crippen LogP contribution < -0.4 is 5.32 Å². The molecule has 0 aliphatic carbocycles. The summed E-state index contributed by atoms with van der Waals surface area (Å²) in [5.74, 6) is 0. The molecule has 3 nitrogen and oxygen atoms in total. The molecule has 2 rings (SSSR count). The molecule has 1 heterocycles. The highest BCUT2D eigenvalue weighted by atomic mass is 79.9. The molecular weight excluding hydrogens is 350 g/mol. The van der Waals surface area contributed by atoms with Crippen LogP contribution in [0.5, 0.6) is 0 Å². The van der Waals surface area contributed by atoms with Crippen molar-refractivity contribution in [1.82, 2.24) is 15.1 Å². The maximum atomic E-state index is 5.99. The lowest BCUT2D eigenvalue weighted by Gasteiger charge is -2.19. The fourth-order valence-electron chi connectivity index (χ4n) is 2.51. The van der Waals surface area contributed by atoms with Gasteiger partial charge in [-0.1, -0.05) is 30.7 Å². The predicted octanol–water partition coefficient (Wildman–Crippen LogP) is 4.52. The number of likely N-dealkylation sites (N-methyl/N-ethyl adjacent to an activating group) is 1. The minimum atomic E-state index is 0.255. The molecule has 1 unspecified atom stereocenters. The van der Waals surface area contributed by atoms with E-state index in [-0.39, 0.29) is 6.04 Å². The molecule has 0 aliphatic heterocycles. The summed E-state index contributed by atoms with van der Waals surface area (Å²) in [6, 6.07) is 8.31. The number of benzene rings is 1. The van der Waals surface area contributed by atoms with Crippen LogP contribution in [-0.2, 0) is 13.0 Å². The molecule has 1 aromatic carbocycles. The molecule has 21 heavy (non-hydrogen) atoms. The molecule has 0 aliphatic rings. The molecule has 0 amide bonds. The van der Waals surface area contributed by atoms with Crippen molar-refractivity contribution >= 4 is 27.5 Å². The largest absolute Gasteiger partial charge is 0.310 e. The summed E-state index contributed by atoms with van der Waals surface area (Å²) >= 11 is 9.66. The molecule has 114 valence electrons. The van der Waals surface area contributed by atoms with Crippen LogP contribution in [0.1, 0.15) is 36.8 Å². The van der Waals surface area contributed by atoms with Gasteiger partial charge in [-0.25, -0.2) is 0 Å². The van der Waals surface area contributed by atoms with Gasteiger partial charge in [0, 0.05) is 24.0 Å². The van der Waals surface area contributed by atoms with E-state index >= 15 is 0 Å². The minimum absolute atomic E-state index is 0.255. The van der Waals surface area contributed by atoms with Crippen molar-refractivity contribution in [2.75, 3.05) is 6.54 Å². The number of hydrogen-bond donors (Lipinski definition) is 1. The van der Waals surface area contributed by atoms with Crippen molar-refractivity contribution < 1.29 is 0 Å². The molecule has 2 aromatic rings. The van der Waals surface area contributed by atoms with Crippen LogP contribution in [-0.4, -0.2) is 16.3 Å². The third-order valence-corrected chi connectivity index (χ3v) is 4.86. The quantitative estimate of drug-likeness (QED) is 0.810. The highest BCUT2D eigenvalue weighted by Crippen LogP contribution is 2.27. The fraction of sp³-hybridized carbons (Fsp3) is 0.438. The van der Waals surface area contributed by atoms with Crippen molar-refractivity contribution in [3.05, 3.63) is 50.7 Å². The van der Waals surface area contributed by atoms with E-state index in [9.17, 15) is 0 Å². The average Bonchev–Trinajstić information content (AvgIpc) is 2.75. The summed E-state index contributed by atoms with van der Waals surface area (Å²) < 4.78 is 3.18. The van der Waals surface area contributed by atoms with Crippen LogP contribution in [0.3, 0.4) is 0 Å². The Bertz CT molecular complexity index is 592. The second-order valence-electron chi connectivity index (χ2n) is 5.03. The van der Waals surface area contributed by atoms with Crippen LogP contribution >= 0.6 is 27.5 Å². The zero-order valence-corrected chi connectivity index (χ0v) is 15.0. The third-order valence-electron chi connectivity index (χ3n) is 3.57. The summed E-state index contributed by atoms with van der Waals surface area (Å²) in [6.07, 6.45) is 0.894. The van der Waals surface area contributed by atoms with Crippen molar-refractivity contribution in [3.63, 3.8) is 0 Å². The smallest absolute Gasteiger partial charge is 0.0738 e. The Balaban J connectivity index is 2.30. The first-order chi connectivity index (χ1) is 10.1. The standard InChI is InChI=1S/C16H21BrClN3/c1-4-19-14(12-6-8-13(18)9-7-12)10-15-16(17)11(3)20-21(15)5-2/h6-9,14,19H,4-5,10H2,1-3H3. The molecule has 0 radical (unpaired) electrons. The van der Waals surface area contributed by atoms with Crippen LogP contribution in [0.25, 0.3) is 0 Å². The van der Waals surface area contributed by atoms with Gasteiger partial charge in [-0.05, 0) is 54.0 Å². The molecule has 0 fully saturated rings. The highest BCUT2D eigenvalue weighted by Gasteiger charge is 2.18. The number of rotatable bonds is 6. The van der Waals surface area contributed by atoms with Gasteiger partial charge in [0.2, 0.25) is 0 Å². The van der Waals surface area contributed by atoms with E-state index in [1.807, 2.05) is 19.1 Å². The Morgan fingerprint density at radius 1 is 1.29 bits per heavy atom. The van der Waals surface area contributed by atoms with Crippen LogP contribution in [0.15, 0.2) is 28.7 Å². The maximum Gasteiger partial charge on any atom is 0.0738 e. The van der Waals surface area contributed by atoms with Gasteiger partial charge in [-0.3, -0.25) is 4.68 Å². The van der Waals surface area contributed by atoms with Gasteiger partial charge < -0.3 is 5.32 Å². The second kappa shape index (κ2) is 7.43. The van der Waals surface area contributed by atoms with E-state index in [2.05, 4.69) is 57.0 Å². The van der Waals surface area contributed by atoms with Gasteiger partial charge in [-0.15, -0.1) is 0 Å². The van der Waals surface area contributed by atoms with Crippen LogP contribution in [0.4, 0.5) is 0 Å². The Hall–Kier alpha value is -0.840. The Morgan fingerprint density at radius 2 is 1.95 bits per heavy atom. The number of halogens is 2. The molecular formula is C16H21BrClN3. The van der Waals surface area contributed by atoms with Crippen LogP contribution in [0, 0.1) is 6.92 Å². The topological polar surface area (TPSA) is 29.9 Å². The van der Waals surface area contributed by atoms with E-state index in [0.29, 0.717) is 0 Å². The number of nitrogens with one attached hydrogen (secondary N) is 1. The fourth-order valence-corrected chi connectivity index (χ4v) is 3.08. The van der Waals surface area contributed by atoms with Crippen molar-refractivity contribution in [1.29, 1.82) is 0 Å². The molecule has 5 heteroatoms.